The van der Waals surface area contributed by atoms with E-state index in [0.717, 1.165) is 24.9 Å². The summed E-state index contributed by atoms with van der Waals surface area (Å²) in [5, 5.41) is 6.61. The summed E-state index contributed by atoms with van der Waals surface area (Å²) >= 11 is 5.95. The minimum Gasteiger partial charge on any atom is -0.387 e. The molecule has 1 saturated carbocycles. The van der Waals surface area contributed by atoms with Crippen LogP contribution in [0.4, 0.5) is 5.69 Å². The molecule has 0 bridgehead atoms. The molecule has 2 N–H and O–H groups in total. The van der Waals surface area contributed by atoms with E-state index in [2.05, 4.69) is 10.6 Å². The molecule has 1 fully saturated rings. The first-order valence-electron chi connectivity index (χ1n) is 6.45. The molecule has 19 heavy (non-hydrogen) atoms. The van der Waals surface area contributed by atoms with Crippen LogP contribution in [0.25, 0.3) is 0 Å². The summed E-state index contributed by atoms with van der Waals surface area (Å²) in [6.07, 6.45) is 3.08. The highest BCUT2D eigenvalue weighted by molar-refractivity contribution is 6.31. The molecule has 2 unspecified atom stereocenters. The number of ether oxygens (including phenoxy) is 1. The number of benzene rings is 1. The van der Waals surface area contributed by atoms with Crippen LogP contribution in [-0.4, -0.2) is 32.2 Å². The third-order valence-corrected chi connectivity index (χ3v) is 3.78. The standard InChI is InChI=1S/C14H19ClN2O2/c1-16-13-6-3-9(15)7-12(13)14(18)17-10-4-5-11(8-10)19-2/h3,6-7,10-11,16H,4-5,8H2,1-2H3,(H,17,18). The van der Waals surface area contributed by atoms with Gasteiger partial charge in [-0.15, -0.1) is 0 Å². The first-order valence-corrected chi connectivity index (χ1v) is 6.82. The number of rotatable bonds is 4. The normalized spacial score (nSPS) is 22.3. The van der Waals surface area contributed by atoms with Crippen molar-refractivity contribution in [3.8, 4) is 0 Å². The Bertz CT molecular complexity index is 465. The number of carbonyl (C=O) groups excluding carboxylic acids is 1. The van der Waals surface area contributed by atoms with Crippen LogP contribution in [0.3, 0.4) is 0 Å². The van der Waals surface area contributed by atoms with Crippen LogP contribution in [0.1, 0.15) is 29.6 Å². The lowest BCUT2D eigenvalue weighted by Crippen LogP contribution is -2.33. The quantitative estimate of drug-likeness (QED) is 0.893. The van der Waals surface area contributed by atoms with E-state index in [9.17, 15) is 4.79 Å². The molecule has 5 heteroatoms. The van der Waals surface area contributed by atoms with Gasteiger partial charge in [0.2, 0.25) is 0 Å². The van der Waals surface area contributed by atoms with Gasteiger partial charge in [0.05, 0.1) is 11.7 Å². The van der Waals surface area contributed by atoms with Crippen molar-refractivity contribution in [2.24, 2.45) is 0 Å². The average Bonchev–Trinajstić information content (AvgIpc) is 2.86. The van der Waals surface area contributed by atoms with E-state index >= 15 is 0 Å². The van der Waals surface area contributed by atoms with Crippen molar-refractivity contribution in [3.05, 3.63) is 28.8 Å². The van der Waals surface area contributed by atoms with Gasteiger partial charge < -0.3 is 15.4 Å². The molecular formula is C14H19ClN2O2. The van der Waals surface area contributed by atoms with Crippen LogP contribution in [0.15, 0.2) is 18.2 Å². The second-order valence-corrected chi connectivity index (χ2v) is 5.22. The van der Waals surface area contributed by atoms with Crippen molar-refractivity contribution < 1.29 is 9.53 Å². The third kappa shape index (κ3) is 3.39. The summed E-state index contributed by atoms with van der Waals surface area (Å²) in [6.45, 7) is 0. The van der Waals surface area contributed by atoms with Crippen LogP contribution in [0.5, 0.6) is 0 Å². The number of halogens is 1. The van der Waals surface area contributed by atoms with Gasteiger partial charge >= 0.3 is 0 Å². The molecule has 0 heterocycles. The topological polar surface area (TPSA) is 50.4 Å². The lowest BCUT2D eigenvalue weighted by atomic mass is 10.1. The molecule has 1 aromatic rings. The number of amides is 1. The molecule has 1 aliphatic rings. The Kier molecular flexibility index (Phi) is 4.66. The van der Waals surface area contributed by atoms with E-state index in [4.69, 9.17) is 16.3 Å². The predicted molar refractivity (Wildman–Crippen MR) is 76.9 cm³/mol. The maximum absolute atomic E-state index is 12.3. The molecular weight excluding hydrogens is 264 g/mol. The van der Waals surface area contributed by atoms with Crippen LogP contribution < -0.4 is 10.6 Å². The summed E-state index contributed by atoms with van der Waals surface area (Å²) in [4.78, 5) is 12.3. The maximum Gasteiger partial charge on any atom is 0.253 e. The molecule has 0 aromatic heterocycles. The summed E-state index contributed by atoms with van der Waals surface area (Å²) in [5.41, 5.74) is 1.36. The van der Waals surface area contributed by atoms with Crippen LogP contribution in [0, 0.1) is 0 Å². The second kappa shape index (κ2) is 6.26. The minimum atomic E-state index is -0.0893. The Balaban J connectivity index is 2.06. The van der Waals surface area contributed by atoms with Crippen molar-refractivity contribution in [2.75, 3.05) is 19.5 Å². The Morgan fingerprint density at radius 2 is 2.21 bits per heavy atom. The van der Waals surface area contributed by atoms with E-state index in [1.165, 1.54) is 0 Å². The molecule has 104 valence electrons. The molecule has 2 atom stereocenters. The van der Waals surface area contributed by atoms with Gasteiger partial charge in [-0.25, -0.2) is 0 Å². The maximum atomic E-state index is 12.3. The van der Waals surface area contributed by atoms with E-state index in [1.54, 1.807) is 26.3 Å². The number of nitrogens with one attached hydrogen (secondary N) is 2. The highest BCUT2D eigenvalue weighted by atomic mass is 35.5. The monoisotopic (exact) mass is 282 g/mol. The highest BCUT2D eigenvalue weighted by Gasteiger charge is 2.26. The third-order valence-electron chi connectivity index (χ3n) is 3.55. The summed E-state index contributed by atoms with van der Waals surface area (Å²) in [5.74, 6) is -0.0893. The molecule has 4 nitrogen and oxygen atoms in total. The Morgan fingerprint density at radius 1 is 1.42 bits per heavy atom. The number of methoxy groups -OCH3 is 1. The molecule has 0 aliphatic heterocycles. The molecule has 2 rings (SSSR count). The molecule has 0 spiro atoms. The van der Waals surface area contributed by atoms with Gasteiger partial charge in [0.1, 0.15) is 0 Å². The van der Waals surface area contributed by atoms with E-state index in [-0.39, 0.29) is 18.1 Å². The van der Waals surface area contributed by atoms with Crippen molar-refractivity contribution in [1.29, 1.82) is 0 Å². The fraction of sp³-hybridized carbons (Fsp3) is 0.500. The fourth-order valence-corrected chi connectivity index (χ4v) is 2.64. The zero-order valence-corrected chi connectivity index (χ0v) is 12.0. The van der Waals surface area contributed by atoms with Crippen LogP contribution in [-0.2, 0) is 4.74 Å². The Hall–Kier alpha value is -1.26. The van der Waals surface area contributed by atoms with Crippen molar-refractivity contribution in [1.82, 2.24) is 5.32 Å². The Labute approximate surface area is 118 Å². The lowest BCUT2D eigenvalue weighted by Gasteiger charge is -2.15. The highest BCUT2D eigenvalue weighted by Crippen LogP contribution is 2.24. The largest absolute Gasteiger partial charge is 0.387 e. The SMILES string of the molecule is CNc1ccc(Cl)cc1C(=O)NC1CCC(OC)C1. The molecule has 1 aliphatic carbocycles. The van der Waals surface area contributed by atoms with Gasteiger partial charge in [0.15, 0.2) is 0 Å². The number of carbonyl (C=O) groups is 1. The minimum absolute atomic E-state index is 0.0893. The van der Waals surface area contributed by atoms with Gasteiger partial charge in [-0.1, -0.05) is 11.6 Å². The summed E-state index contributed by atoms with van der Waals surface area (Å²) in [6, 6.07) is 5.44. The number of hydrogen-bond acceptors (Lipinski definition) is 3. The zero-order valence-electron chi connectivity index (χ0n) is 11.2. The molecule has 0 saturated heterocycles. The van der Waals surface area contributed by atoms with E-state index < -0.39 is 0 Å². The van der Waals surface area contributed by atoms with Crippen molar-refractivity contribution >= 4 is 23.2 Å². The van der Waals surface area contributed by atoms with Crippen LogP contribution in [0.2, 0.25) is 5.02 Å². The summed E-state index contributed by atoms with van der Waals surface area (Å²) in [7, 11) is 3.50. The van der Waals surface area contributed by atoms with Crippen LogP contribution >= 0.6 is 11.6 Å². The van der Waals surface area contributed by atoms with Gasteiger partial charge in [-0.3, -0.25) is 4.79 Å². The number of anilines is 1. The molecule has 0 radical (unpaired) electrons. The van der Waals surface area contributed by atoms with Gasteiger partial charge in [-0.2, -0.15) is 0 Å². The van der Waals surface area contributed by atoms with E-state index in [0.29, 0.717) is 10.6 Å². The fourth-order valence-electron chi connectivity index (χ4n) is 2.47. The average molecular weight is 283 g/mol. The molecule has 1 amide bonds. The van der Waals surface area contributed by atoms with Crippen molar-refractivity contribution in [2.45, 2.75) is 31.4 Å². The first-order chi connectivity index (χ1) is 9.13. The number of hydrogen-bond donors (Lipinski definition) is 2. The first kappa shape index (κ1) is 14.2. The van der Waals surface area contributed by atoms with E-state index in [1.807, 2.05) is 6.07 Å². The van der Waals surface area contributed by atoms with Crippen molar-refractivity contribution in [3.63, 3.8) is 0 Å². The lowest BCUT2D eigenvalue weighted by molar-refractivity contribution is 0.0915. The molecule has 1 aromatic carbocycles. The van der Waals surface area contributed by atoms with Gasteiger partial charge in [0, 0.05) is 30.9 Å². The predicted octanol–water partition coefficient (Wildman–Crippen LogP) is 2.68. The second-order valence-electron chi connectivity index (χ2n) is 4.78. The zero-order chi connectivity index (χ0) is 13.8. The van der Waals surface area contributed by atoms with Gasteiger partial charge in [-0.05, 0) is 37.5 Å². The Morgan fingerprint density at radius 3 is 2.84 bits per heavy atom. The van der Waals surface area contributed by atoms with Gasteiger partial charge in [0.25, 0.3) is 5.91 Å². The smallest absolute Gasteiger partial charge is 0.253 e. The summed E-state index contributed by atoms with van der Waals surface area (Å²) < 4.78 is 5.31.